The van der Waals surface area contributed by atoms with Crippen molar-refractivity contribution in [3.8, 4) is 0 Å². The molecule has 1 fully saturated rings. The second-order valence-electron chi connectivity index (χ2n) is 5.37. The highest BCUT2D eigenvalue weighted by Gasteiger charge is 2.23. The normalized spacial score (nSPS) is 19.6. The molecule has 0 spiro atoms. The minimum atomic E-state index is -0.662. The van der Waals surface area contributed by atoms with E-state index < -0.39 is 6.10 Å². The molecular formula is C17H19NO2S. The standard InChI is InChI=1S/C17H19NO2S/c19-15(11-18-17(20)16-6-3-9-21-16)14-8-7-12-4-1-2-5-13(12)10-14/h1-2,4-5,7-8,10,15-16,19H,3,6,9,11H2,(H,18,20). The fraction of sp³-hybridized carbons (Fsp3) is 0.353. The van der Waals surface area contributed by atoms with Gasteiger partial charge in [-0.3, -0.25) is 4.79 Å². The zero-order valence-corrected chi connectivity index (χ0v) is 12.6. The van der Waals surface area contributed by atoms with Crippen LogP contribution in [0.1, 0.15) is 24.5 Å². The first kappa shape index (κ1) is 14.4. The number of nitrogens with one attached hydrogen (secondary N) is 1. The van der Waals surface area contributed by atoms with Crippen LogP contribution in [0.4, 0.5) is 0 Å². The van der Waals surface area contributed by atoms with Gasteiger partial charge in [-0.2, -0.15) is 0 Å². The Hall–Kier alpha value is -1.52. The van der Waals surface area contributed by atoms with Crippen LogP contribution in [-0.2, 0) is 4.79 Å². The number of thioether (sulfide) groups is 1. The third kappa shape index (κ3) is 3.39. The summed E-state index contributed by atoms with van der Waals surface area (Å²) in [5, 5.41) is 15.4. The summed E-state index contributed by atoms with van der Waals surface area (Å²) >= 11 is 1.71. The number of fused-ring (bicyclic) bond motifs is 1. The molecule has 0 saturated carbocycles. The first-order valence-electron chi connectivity index (χ1n) is 7.30. The number of carbonyl (C=O) groups excluding carboxylic acids is 1. The van der Waals surface area contributed by atoms with Crippen molar-refractivity contribution in [1.82, 2.24) is 5.32 Å². The molecule has 1 amide bonds. The number of rotatable bonds is 4. The molecule has 3 nitrogen and oxygen atoms in total. The van der Waals surface area contributed by atoms with E-state index in [1.165, 1.54) is 0 Å². The Morgan fingerprint density at radius 2 is 2.10 bits per heavy atom. The Kier molecular flexibility index (Phi) is 4.46. The van der Waals surface area contributed by atoms with Crippen molar-refractivity contribution >= 4 is 28.4 Å². The average molecular weight is 301 g/mol. The van der Waals surface area contributed by atoms with Gasteiger partial charge in [0.25, 0.3) is 0 Å². The Morgan fingerprint density at radius 3 is 2.86 bits per heavy atom. The van der Waals surface area contributed by atoms with Crippen LogP contribution in [0.15, 0.2) is 42.5 Å². The van der Waals surface area contributed by atoms with Gasteiger partial charge in [-0.25, -0.2) is 0 Å². The van der Waals surface area contributed by atoms with Crippen LogP contribution in [0.25, 0.3) is 10.8 Å². The highest BCUT2D eigenvalue weighted by Crippen LogP contribution is 2.26. The third-order valence-electron chi connectivity index (χ3n) is 3.85. The lowest BCUT2D eigenvalue weighted by atomic mass is 10.0. The summed E-state index contributed by atoms with van der Waals surface area (Å²) in [5.74, 6) is 1.11. The van der Waals surface area contributed by atoms with E-state index in [1.807, 2.05) is 42.5 Å². The van der Waals surface area contributed by atoms with Crippen LogP contribution < -0.4 is 5.32 Å². The summed E-state index contributed by atoms with van der Waals surface area (Å²) in [6.07, 6.45) is 1.39. The topological polar surface area (TPSA) is 49.3 Å². The first-order valence-corrected chi connectivity index (χ1v) is 8.35. The van der Waals surface area contributed by atoms with Crippen LogP contribution in [0.5, 0.6) is 0 Å². The molecular weight excluding hydrogens is 282 g/mol. The zero-order valence-electron chi connectivity index (χ0n) is 11.8. The predicted octanol–water partition coefficient (Wildman–Crippen LogP) is 2.89. The van der Waals surface area contributed by atoms with Crippen molar-refractivity contribution in [2.75, 3.05) is 12.3 Å². The molecule has 21 heavy (non-hydrogen) atoms. The molecule has 0 aliphatic carbocycles. The highest BCUT2D eigenvalue weighted by atomic mass is 32.2. The first-order chi connectivity index (χ1) is 10.2. The number of carbonyl (C=O) groups is 1. The van der Waals surface area contributed by atoms with Crippen molar-refractivity contribution in [2.24, 2.45) is 0 Å². The number of hydrogen-bond donors (Lipinski definition) is 2. The SMILES string of the molecule is O=C(NCC(O)c1ccc2ccccc2c1)C1CCCS1. The smallest absolute Gasteiger partial charge is 0.233 e. The monoisotopic (exact) mass is 301 g/mol. The Labute approximate surface area is 128 Å². The molecule has 3 rings (SSSR count). The van der Waals surface area contributed by atoms with E-state index in [2.05, 4.69) is 5.32 Å². The molecule has 2 aromatic rings. The van der Waals surface area contributed by atoms with Crippen molar-refractivity contribution in [3.63, 3.8) is 0 Å². The van der Waals surface area contributed by atoms with Gasteiger partial charge in [0.15, 0.2) is 0 Å². The summed E-state index contributed by atoms with van der Waals surface area (Å²) in [6, 6.07) is 14.0. The van der Waals surface area contributed by atoms with E-state index >= 15 is 0 Å². The highest BCUT2D eigenvalue weighted by molar-refractivity contribution is 8.00. The molecule has 4 heteroatoms. The second-order valence-corrected chi connectivity index (χ2v) is 6.68. The van der Waals surface area contributed by atoms with Crippen molar-refractivity contribution in [3.05, 3.63) is 48.0 Å². The summed E-state index contributed by atoms with van der Waals surface area (Å²) in [4.78, 5) is 12.0. The van der Waals surface area contributed by atoms with E-state index in [9.17, 15) is 9.90 Å². The average Bonchev–Trinajstić information content (AvgIpc) is 3.06. The number of benzene rings is 2. The maximum atomic E-state index is 12.0. The van der Waals surface area contributed by atoms with Crippen molar-refractivity contribution in [1.29, 1.82) is 0 Å². The minimum absolute atomic E-state index is 0.0531. The van der Waals surface area contributed by atoms with Gasteiger partial charge in [0, 0.05) is 6.54 Å². The van der Waals surface area contributed by atoms with Crippen LogP contribution in [-0.4, -0.2) is 28.6 Å². The third-order valence-corrected chi connectivity index (χ3v) is 5.23. The number of aliphatic hydroxyl groups excluding tert-OH is 1. The molecule has 1 heterocycles. The number of amides is 1. The maximum absolute atomic E-state index is 12.0. The maximum Gasteiger partial charge on any atom is 0.233 e. The van der Waals surface area contributed by atoms with E-state index in [4.69, 9.17) is 0 Å². The van der Waals surface area contributed by atoms with Crippen LogP contribution in [0.2, 0.25) is 0 Å². The Morgan fingerprint density at radius 1 is 1.29 bits per heavy atom. The Bertz CT molecular complexity index is 637. The molecule has 2 atom stereocenters. The molecule has 1 saturated heterocycles. The fourth-order valence-electron chi connectivity index (χ4n) is 2.63. The molecule has 0 aromatic heterocycles. The minimum Gasteiger partial charge on any atom is -0.387 e. The van der Waals surface area contributed by atoms with Gasteiger partial charge in [-0.15, -0.1) is 11.8 Å². The van der Waals surface area contributed by atoms with Gasteiger partial charge in [0.05, 0.1) is 11.4 Å². The van der Waals surface area contributed by atoms with Crippen LogP contribution in [0, 0.1) is 0 Å². The lowest BCUT2D eigenvalue weighted by Gasteiger charge is -2.15. The van der Waals surface area contributed by atoms with Gasteiger partial charge < -0.3 is 10.4 Å². The van der Waals surface area contributed by atoms with E-state index in [1.54, 1.807) is 11.8 Å². The molecule has 0 radical (unpaired) electrons. The van der Waals surface area contributed by atoms with Crippen LogP contribution in [0.3, 0.4) is 0 Å². The van der Waals surface area contributed by atoms with Gasteiger partial charge >= 0.3 is 0 Å². The van der Waals surface area contributed by atoms with Crippen LogP contribution >= 0.6 is 11.8 Å². The Balaban J connectivity index is 1.63. The summed E-state index contributed by atoms with van der Waals surface area (Å²) in [5.41, 5.74) is 0.841. The van der Waals surface area contributed by atoms with Crippen molar-refractivity contribution < 1.29 is 9.90 Å². The van der Waals surface area contributed by atoms with E-state index in [0.29, 0.717) is 0 Å². The summed E-state index contributed by atoms with van der Waals surface area (Å²) in [7, 11) is 0. The second kappa shape index (κ2) is 6.50. The van der Waals surface area contributed by atoms with Crippen molar-refractivity contribution in [2.45, 2.75) is 24.2 Å². The predicted molar refractivity (Wildman–Crippen MR) is 87.4 cm³/mol. The van der Waals surface area contributed by atoms with Gasteiger partial charge in [-0.1, -0.05) is 36.4 Å². The quantitative estimate of drug-likeness (QED) is 0.913. The molecule has 0 bridgehead atoms. The van der Waals surface area contributed by atoms with Gasteiger partial charge in [0.2, 0.25) is 5.91 Å². The lowest BCUT2D eigenvalue weighted by molar-refractivity contribution is -0.121. The largest absolute Gasteiger partial charge is 0.387 e. The summed E-state index contributed by atoms with van der Waals surface area (Å²) < 4.78 is 0. The van der Waals surface area contributed by atoms with E-state index in [-0.39, 0.29) is 17.7 Å². The fourth-order valence-corrected chi connectivity index (χ4v) is 3.81. The lowest BCUT2D eigenvalue weighted by Crippen LogP contribution is -2.34. The molecule has 2 N–H and O–H groups in total. The molecule has 2 unspecified atom stereocenters. The zero-order chi connectivity index (χ0) is 14.7. The molecule has 1 aliphatic heterocycles. The van der Waals surface area contributed by atoms with Gasteiger partial charge in [-0.05, 0) is 41.0 Å². The molecule has 1 aliphatic rings. The molecule has 2 aromatic carbocycles. The number of aliphatic hydroxyl groups is 1. The van der Waals surface area contributed by atoms with Gasteiger partial charge in [0.1, 0.15) is 0 Å². The van der Waals surface area contributed by atoms with E-state index in [0.717, 1.165) is 34.9 Å². The molecule has 110 valence electrons. The number of hydrogen-bond acceptors (Lipinski definition) is 3. The summed E-state index contributed by atoms with van der Waals surface area (Å²) in [6.45, 7) is 0.272.